The van der Waals surface area contributed by atoms with Gasteiger partial charge in [-0.05, 0) is 72.5 Å². The second-order valence-electron chi connectivity index (χ2n) is 8.89. The van der Waals surface area contributed by atoms with Crippen molar-refractivity contribution in [2.24, 2.45) is 0 Å². The number of alkyl halides is 3. The summed E-state index contributed by atoms with van der Waals surface area (Å²) in [5.74, 6) is -1.61. The molecule has 39 heavy (non-hydrogen) atoms. The minimum absolute atomic E-state index is 0.0818. The summed E-state index contributed by atoms with van der Waals surface area (Å²) in [7, 11) is 0. The molecule has 0 N–H and O–H groups in total. The molecule has 0 saturated carbocycles. The number of benzene rings is 3. The molecule has 0 spiro atoms. The molecule has 0 saturated heterocycles. The van der Waals surface area contributed by atoms with Gasteiger partial charge in [0.25, 0.3) is 0 Å². The molecule has 0 heterocycles. The largest absolute Gasteiger partial charge is 0.449 e. The summed E-state index contributed by atoms with van der Waals surface area (Å²) in [6.07, 6.45) is -4.47. The van der Waals surface area contributed by atoms with Crippen LogP contribution < -0.4 is 9.47 Å². The molecule has 0 aliphatic rings. The second kappa shape index (κ2) is 13.6. The second-order valence-corrected chi connectivity index (χ2v) is 8.89. The van der Waals surface area contributed by atoms with Crippen LogP contribution in [0.2, 0.25) is 0 Å². The monoisotopic (exact) mass is 542 g/mol. The molecule has 0 aliphatic carbocycles. The smallest absolute Gasteiger partial charge is 0.425 e. The number of hydrogen-bond acceptors (Lipinski definition) is 6. The molecule has 6 nitrogen and oxygen atoms in total. The maximum absolute atomic E-state index is 13.3. The van der Waals surface area contributed by atoms with Gasteiger partial charge in [0.15, 0.2) is 6.10 Å². The summed E-state index contributed by atoms with van der Waals surface area (Å²) < 4.78 is 55.0. The molecule has 0 bridgehead atoms. The summed E-state index contributed by atoms with van der Waals surface area (Å²) in [4.78, 5) is 35.9. The van der Waals surface area contributed by atoms with Crippen LogP contribution in [0, 0.1) is 0 Å². The van der Waals surface area contributed by atoms with E-state index in [1.807, 2.05) is 6.92 Å². The van der Waals surface area contributed by atoms with Gasteiger partial charge in [-0.1, -0.05) is 50.5 Å². The fraction of sp³-hybridized carbons (Fsp3) is 0.300. The number of ether oxygens (including phenoxy) is 3. The van der Waals surface area contributed by atoms with E-state index in [9.17, 15) is 27.6 Å². The fourth-order valence-corrected chi connectivity index (χ4v) is 3.75. The molecule has 0 amide bonds. The highest BCUT2D eigenvalue weighted by atomic mass is 19.4. The zero-order valence-corrected chi connectivity index (χ0v) is 21.6. The normalized spacial score (nSPS) is 11.9. The van der Waals surface area contributed by atoms with Crippen LogP contribution in [-0.2, 0) is 9.53 Å². The van der Waals surface area contributed by atoms with Crippen molar-refractivity contribution in [3.63, 3.8) is 0 Å². The van der Waals surface area contributed by atoms with Gasteiger partial charge in [-0.2, -0.15) is 13.2 Å². The van der Waals surface area contributed by atoms with Crippen LogP contribution in [-0.4, -0.2) is 30.2 Å². The summed E-state index contributed by atoms with van der Waals surface area (Å²) >= 11 is 0. The Kier molecular flexibility index (Phi) is 10.3. The lowest BCUT2D eigenvalue weighted by atomic mass is 10.0. The SMILES string of the molecule is CCCCCCC(OC(=O)c1ccc(OC(=O)c2ccc(-c3ccc(OC(C)=O)cc3)cc2)cc1)C(F)(F)F. The number of carbonyl (C=O) groups is 3. The molecule has 0 radical (unpaired) electrons. The molecule has 3 aromatic carbocycles. The molecule has 3 rings (SSSR count). The van der Waals surface area contributed by atoms with E-state index in [0.29, 0.717) is 18.6 Å². The Morgan fingerprint density at radius 2 is 1.18 bits per heavy atom. The van der Waals surface area contributed by atoms with Crippen LogP contribution in [0.1, 0.15) is 66.7 Å². The highest BCUT2D eigenvalue weighted by molar-refractivity contribution is 5.92. The number of rotatable bonds is 11. The van der Waals surface area contributed by atoms with Crippen molar-refractivity contribution < 1.29 is 41.8 Å². The van der Waals surface area contributed by atoms with Gasteiger partial charge in [-0.15, -0.1) is 0 Å². The van der Waals surface area contributed by atoms with E-state index in [1.165, 1.54) is 31.2 Å². The van der Waals surface area contributed by atoms with Gasteiger partial charge < -0.3 is 14.2 Å². The van der Waals surface area contributed by atoms with Crippen molar-refractivity contribution in [1.29, 1.82) is 0 Å². The lowest BCUT2D eigenvalue weighted by molar-refractivity contribution is -0.206. The lowest BCUT2D eigenvalue weighted by Crippen LogP contribution is -2.33. The zero-order chi connectivity index (χ0) is 28.4. The van der Waals surface area contributed by atoms with Gasteiger partial charge in [-0.25, -0.2) is 9.59 Å². The maximum Gasteiger partial charge on any atom is 0.425 e. The van der Waals surface area contributed by atoms with E-state index in [4.69, 9.17) is 14.2 Å². The van der Waals surface area contributed by atoms with E-state index in [2.05, 4.69) is 0 Å². The summed E-state index contributed by atoms with van der Waals surface area (Å²) in [6.45, 7) is 3.27. The topological polar surface area (TPSA) is 78.9 Å². The Balaban J connectivity index is 1.58. The van der Waals surface area contributed by atoms with Gasteiger partial charge in [0.1, 0.15) is 11.5 Å². The van der Waals surface area contributed by atoms with Gasteiger partial charge in [0.05, 0.1) is 11.1 Å². The van der Waals surface area contributed by atoms with Crippen LogP contribution >= 0.6 is 0 Å². The Bertz CT molecular complexity index is 1250. The Morgan fingerprint density at radius 1 is 0.692 bits per heavy atom. The summed E-state index contributed by atoms with van der Waals surface area (Å²) in [6, 6.07) is 18.6. The zero-order valence-electron chi connectivity index (χ0n) is 21.6. The van der Waals surface area contributed by atoms with E-state index in [-0.39, 0.29) is 23.3 Å². The van der Waals surface area contributed by atoms with Crippen LogP contribution in [0.25, 0.3) is 11.1 Å². The van der Waals surface area contributed by atoms with Crippen LogP contribution in [0.5, 0.6) is 11.5 Å². The number of unbranched alkanes of at least 4 members (excludes halogenated alkanes) is 3. The maximum atomic E-state index is 13.3. The van der Waals surface area contributed by atoms with E-state index in [0.717, 1.165) is 24.0 Å². The molecular weight excluding hydrogens is 513 g/mol. The molecule has 0 aromatic heterocycles. The van der Waals surface area contributed by atoms with Gasteiger partial charge in [0.2, 0.25) is 0 Å². The molecule has 0 aliphatic heterocycles. The number of esters is 3. The minimum Gasteiger partial charge on any atom is -0.449 e. The predicted octanol–water partition coefficient (Wildman–Crippen LogP) is 7.56. The van der Waals surface area contributed by atoms with E-state index < -0.39 is 30.2 Å². The number of carbonyl (C=O) groups excluding carboxylic acids is 3. The van der Waals surface area contributed by atoms with Crippen molar-refractivity contribution in [3.8, 4) is 22.6 Å². The average Bonchev–Trinajstić information content (AvgIpc) is 2.90. The lowest BCUT2D eigenvalue weighted by Gasteiger charge is -2.20. The van der Waals surface area contributed by atoms with Crippen molar-refractivity contribution in [2.45, 2.75) is 58.2 Å². The Labute approximate surface area is 224 Å². The van der Waals surface area contributed by atoms with Crippen molar-refractivity contribution in [2.75, 3.05) is 0 Å². The van der Waals surface area contributed by atoms with Crippen molar-refractivity contribution in [1.82, 2.24) is 0 Å². The van der Waals surface area contributed by atoms with E-state index in [1.54, 1.807) is 48.5 Å². The Hall–Kier alpha value is -4.14. The first-order valence-electron chi connectivity index (χ1n) is 12.6. The van der Waals surface area contributed by atoms with Crippen molar-refractivity contribution in [3.05, 3.63) is 83.9 Å². The minimum atomic E-state index is -4.65. The van der Waals surface area contributed by atoms with Crippen LogP contribution in [0.15, 0.2) is 72.8 Å². The average molecular weight is 543 g/mol. The Morgan fingerprint density at radius 3 is 1.72 bits per heavy atom. The standard InChI is InChI=1S/C30H29F3O6/c1-3-4-5-6-7-27(30(31,32)33)39-29(36)24-14-18-26(19-15-24)38-28(35)23-10-8-21(9-11-23)22-12-16-25(17-13-22)37-20(2)34/h8-19,27H,3-7H2,1-2H3. The molecule has 206 valence electrons. The molecule has 0 fully saturated rings. The third kappa shape index (κ3) is 8.98. The molecule has 3 aromatic rings. The predicted molar refractivity (Wildman–Crippen MR) is 139 cm³/mol. The summed E-state index contributed by atoms with van der Waals surface area (Å²) in [5, 5.41) is 0. The first-order chi connectivity index (χ1) is 18.6. The molecule has 1 unspecified atom stereocenters. The fourth-order valence-electron chi connectivity index (χ4n) is 3.75. The van der Waals surface area contributed by atoms with E-state index >= 15 is 0 Å². The first kappa shape index (κ1) is 29.4. The van der Waals surface area contributed by atoms with Gasteiger partial charge >= 0.3 is 24.1 Å². The quantitative estimate of drug-likeness (QED) is 0.141. The first-order valence-corrected chi connectivity index (χ1v) is 12.6. The van der Waals surface area contributed by atoms with Crippen molar-refractivity contribution >= 4 is 17.9 Å². The number of hydrogen-bond donors (Lipinski definition) is 0. The summed E-state index contributed by atoms with van der Waals surface area (Å²) in [5.41, 5.74) is 1.87. The van der Waals surface area contributed by atoms with Crippen LogP contribution in [0.3, 0.4) is 0 Å². The molecular formula is C30H29F3O6. The molecule has 9 heteroatoms. The van der Waals surface area contributed by atoms with Gasteiger partial charge in [-0.3, -0.25) is 4.79 Å². The highest BCUT2D eigenvalue weighted by Gasteiger charge is 2.42. The van der Waals surface area contributed by atoms with Gasteiger partial charge in [0, 0.05) is 6.92 Å². The number of halogens is 3. The van der Waals surface area contributed by atoms with Crippen LogP contribution in [0.4, 0.5) is 13.2 Å². The third-order valence-electron chi connectivity index (χ3n) is 5.80. The highest BCUT2D eigenvalue weighted by Crippen LogP contribution is 2.28. The molecule has 1 atom stereocenters. The third-order valence-corrected chi connectivity index (χ3v) is 5.80.